The first kappa shape index (κ1) is 17.5. The number of benzene rings is 1. The molecular weight excluding hydrogens is 344 g/mol. The van der Waals surface area contributed by atoms with Crippen molar-refractivity contribution in [3.8, 4) is 0 Å². The number of hydrogen-bond donors (Lipinski definition) is 1. The van der Waals surface area contributed by atoms with Crippen LogP contribution >= 0.6 is 11.8 Å². The fraction of sp³-hybridized carbons (Fsp3) is 0.286. The molecule has 0 aliphatic rings. The summed E-state index contributed by atoms with van der Waals surface area (Å²) in [5.74, 6) is -0.508. The molecule has 1 amide bonds. The van der Waals surface area contributed by atoms with Gasteiger partial charge in [-0.15, -0.1) is 0 Å². The largest absolute Gasteiger partial charge is 0.459 e. The van der Waals surface area contributed by atoms with Gasteiger partial charge in [0.1, 0.15) is 21.2 Å². The van der Waals surface area contributed by atoms with Crippen LogP contribution in [0, 0.1) is 0 Å². The van der Waals surface area contributed by atoms with Gasteiger partial charge in [0.15, 0.2) is 5.43 Å². The molecular formula is C14H15ClN2O5S. The zero-order valence-corrected chi connectivity index (χ0v) is 13.9. The summed E-state index contributed by atoms with van der Waals surface area (Å²) in [7, 11) is -3.24. The Kier molecular flexibility index (Phi) is 5.08. The Hall–Kier alpha value is -1.90. The second-order valence-corrected chi connectivity index (χ2v) is 7.68. The maximum atomic E-state index is 12.2. The summed E-state index contributed by atoms with van der Waals surface area (Å²) in [6.45, 7) is -0.0647. The van der Waals surface area contributed by atoms with Crippen molar-refractivity contribution in [3.63, 3.8) is 0 Å². The monoisotopic (exact) mass is 358 g/mol. The Morgan fingerprint density at radius 3 is 2.65 bits per heavy atom. The maximum Gasteiger partial charge on any atom is 0.268 e. The van der Waals surface area contributed by atoms with E-state index in [1.165, 1.54) is 24.3 Å². The van der Waals surface area contributed by atoms with Crippen LogP contribution < -0.4 is 11.2 Å². The van der Waals surface area contributed by atoms with Gasteiger partial charge in [-0.25, -0.2) is 12.8 Å². The summed E-state index contributed by atoms with van der Waals surface area (Å²) < 4.78 is 28.4. The summed E-state index contributed by atoms with van der Waals surface area (Å²) in [4.78, 5) is 24.2. The molecule has 0 fully saturated rings. The molecule has 2 aromatic rings. The highest BCUT2D eigenvalue weighted by Crippen LogP contribution is 2.16. The van der Waals surface area contributed by atoms with E-state index >= 15 is 0 Å². The highest BCUT2D eigenvalue weighted by molar-refractivity contribution is 7.90. The van der Waals surface area contributed by atoms with Gasteiger partial charge in [0, 0.05) is 29.7 Å². The molecule has 124 valence electrons. The highest BCUT2D eigenvalue weighted by Gasteiger charge is 2.17. The fourth-order valence-corrected chi connectivity index (χ4v) is 2.72. The summed E-state index contributed by atoms with van der Waals surface area (Å²) >= 11 is 5.81. The number of halogens is 1. The molecule has 0 saturated carbocycles. The van der Waals surface area contributed by atoms with Crippen molar-refractivity contribution in [3.05, 3.63) is 45.8 Å². The first-order valence-electron chi connectivity index (χ1n) is 6.63. The lowest BCUT2D eigenvalue weighted by Gasteiger charge is -2.13. The number of nitrogens with two attached hydrogens (primary N) is 1. The first-order chi connectivity index (χ1) is 10.7. The summed E-state index contributed by atoms with van der Waals surface area (Å²) in [6, 6.07) is 5.55. The number of amides is 1. The van der Waals surface area contributed by atoms with Crippen molar-refractivity contribution in [2.24, 2.45) is 5.73 Å². The average molecular weight is 359 g/mol. The smallest absolute Gasteiger partial charge is 0.268 e. The van der Waals surface area contributed by atoms with Crippen LogP contribution in [-0.2, 0) is 16.4 Å². The van der Waals surface area contributed by atoms with Crippen molar-refractivity contribution < 1.29 is 17.6 Å². The van der Waals surface area contributed by atoms with E-state index < -0.39 is 15.7 Å². The van der Waals surface area contributed by atoms with E-state index in [-0.39, 0.29) is 35.2 Å². The second-order valence-electron chi connectivity index (χ2n) is 5.01. The molecule has 0 unspecified atom stereocenters. The zero-order valence-electron chi connectivity index (χ0n) is 12.3. The molecule has 2 rings (SSSR count). The van der Waals surface area contributed by atoms with E-state index in [1.54, 1.807) is 0 Å². The fourth-order valence-electron chi connectivity index (χ4n) is 1.93. The molecule has 1 aromatic carbocycles. The Labute approximate surface area is 137 Å². The van der Waals surface area contributed by atoms with Gasteiger partial charge in [0.2, 0.25) is 0 Å². The quantitative estimate of drug-likeness (QED) is 0.795. The predicted octanol–water partition coefficient (Wildman–Crippen LogP) is 0.892. The van der Waals surface area contributed by atoms with Crippen LogP contribution in [0.25, 0.3) is 11.0 Å². The number of hydrogen-bond acceptors (Lipinski definition) is 6. The lowest BCUT2D eigenvalue weighted by molar-refractivity contribution is 0.0869. The number of sulfone groups is 1. The van der Waals surface area contributed by atoms with Gasteiger partial charge in [-0.2, -0.15) is 0 Å². The van der Waals surface area contributed by atoms with Crippen LogP contribution in [0.5, 0.6) is 0 Å². The molecule has 0 spiro atoms. The van der Waals surface area contributed by atoms with E-state index in [4.69, 9.17) is 21.9 Å². The molecule has 9 heteroatoms. The molecule has 0 bridgehead atoms. The lowest BCUT2D eigenvalue weighted by atomic mass is 10.1. The number of nitrogens with zero attached hydrogens (tertiary/aromatic N) is 1. The minimum Gasteiger partial charge on any atom is -0.459 e. The summed E-state index contributed by atoms with van der Waals surface area (Å²) in [5, 5.41) is 0.223. The van der Waals surface area contributed by atoms with E-state index in [9.17, 15) is 18.0 Å². The van der Waals surface area contributed by atoms with E-state index in [0.29, 0.717) is 11.3 Å². The van der Waals surface area contributed by atoms with Crippen LogP contribution in [-0.4, -0.2) is 37.3 Å². The van der Waals surface area contributed by atoms with Gasteiger partial charge in [0.25, 0.3) is 5.91 Å². The topological polar surface area (TPSA) is 111 Å². The molecule has 1 aromatic heterocycles. The Bertz CT molecular complexity index is 907. The third kappa shape index (κ3) is 4.31. The number of fused-ring (bicyclic) bond motifs is 1. The van der Waals surface area contributed by atoms with E-state index in [0.717, 1.165) is 10.7 Å². The zero-order chi connectivity index (χ0) is 17.2. The minimum absolute atomic E-state index is 0.0901. The van der Waals surface area contributed by atoms with E-state index in [2.05, 4.69) is 0 Å². The summed E-state index contributed by atoms with van der Waals surface area (Å²) in [6.07, 6.45) is 1.05. The second kappa shape index (κ2) is 6.69. The molecule has 23 heavy (non-hydrogen) atoms. The first-order valence-corrected chi connectivity index (χ1v) is 9.03. The Morgan fingerprint density at radius 2 is 2.04 bits per heavy atom. The molecule has 0 aliphatic carbocycles. The lowest BCUT2D eigenvalue weighted by Crippen LogP contribution is -2.27. The average Bonchev–Trinajstić information content (AvgIpc) is 2.50. The van der Waals surface area contributed by atoms with Crippen LogP contribution in [0.15, 0.2) is 33.5 Å². The van der Waals surface area contributed by atoms with Crippen LogP contribution in [0.4, 0.5) is 0 Å². The Balaban J connectivity index is 2.31. The molecule has 0 saturated heterocycles. The van der Waals surface area contributed by atoms with Gasteiger partial charge < -0.3 is 10.2 Å². The third-order valence-corrected chi connectivity index (χ3v) is 4.35. The molecule has 0 atom stereocenters. The van der Waals surface area contributed by atoms with Crippen molar-refractivity contribution in [1.82, 2.24) is 4.42 Å². The van der Waals surface area contributed by atoms with Crippen LogP contribution in [0.2, 0.25) is 0 Å². The normalized spacial score (nSPS) is 11.6. The van der Waals surface area contributed by atoms with Crippen molar-refractivity contribution >= 4 is 38.5 Å². The summed E-state index contributed by atoms with van der Waals surface area (Å²) in [5.41, 5.74) is 5.59. The number of rotatable bonds is 5. The van der Waals surface area contributed by atoms with Crippen LogP contribution in [0.1, 0.15) is 16.1 Å². The van der Waals surface area contributed by atoms with Crippen LogP contribution in [0.3, 0.4) is 0 Å². The SMILES string of the molecule is CS(=O)(=O)CCN(Cl)C(=O)c1ccc2oc(CN)cc(=O)c2c1. The number of carbonyl (C=O) groups excluding carboxylic acids is 1. The molecule has 1 heterocycles. The predicted molar refractivity (Wildman–Crippen MR) is 87.0 cm³/mol. The molecule has 7 nitrogen and oxygen atoms in total. The van der Waals surface area contributed by atoms with Crippen molar-refractivity contribution in [2.75, 3.05) is 18.6 Å². The van der Waals surface area contributed by atoms with Gasteiger partial charge in [-0.3, -0.25) is 9.59 Å². The third-order valence-electron chi connectivity index (χ3n) is 3.11. The van der Waals surface area contributed by atoms with Gasteiger partial charge >= 0.3 is 0 Å². The van der Waals surface area contributed by atoms with Gasteiger partial charge in [0.05, 0.1) is 24.2 Å². The highest BCUT2D eigenvalue weighted by atomic mass is 35.5. The standard InChI is InChI=1S/C14H15ClN2O5S/c1-23(20,21)5-4-17(15)14(19)9-2-3-13-11(6-9)12(18)7-10(8-16)22-13/h2-3,6-7H,4-5,8,16H2,1H3. The van der Waals surface area contributed by atoms with Gasteiger partial charge in [-0.1, -0.05) is 0 Å². The molecule has 0 radical (unpaired) electrons. The van der Waals surface area contributed by atoms with Crippen molar-refractivity contribution in [2.45, 2.75) is 6.54 Å². The van der Waals surface area contributed by atoms with E-state index in [1.807, 2.05) is 0 Å². The van der Waals surface area contributed by atoms with Crippen molar-refractivity contribution in [1.29, 1.82) is 0 Å². The Morgan fingerprint density at radius 1 is 1.35 bits per heavy atom. The number of carbonyl (C=O) groups is 1. The minimum atomic E-state index is -3.24. The van der Waals surface area contributed by atoms with Gasteiger partial charge in [-0.05, 0) is 18.2 Å². The maximum absolute atomic E-state index is 12.2. The molecule has 0 aliphatic heterocycles. The molecule has 2 N–H and O–H groups in total.